The minimum Gasteiger partial charge on any atom is -0.364 e. The lowest BCUT2D eigenvalue weighted by atomic mass is 10.2. The molecule has 1 amide bonds. The zero-order valence-corrected chi connectivity index (χ0v) is 15.5. The first-order chi connectivity index (χ1) is 13.1. The molecule has 0 bridgehead atoms. The maximum atomic E-state index is 12.6. The minimum atomic E-state index is -0.160. The van der Waals surface area contributed by atoms with E-state index < -0.39 is 0 Å². The number of carbonyl (C=O) groups excluding carboxylic acids is 1. The van der Waals surface area contributed by atoms with E-state index in [4.69, 9.17) is 9.26 Å². The van der Waals surface area contributed by atoms with Crippen molar-refractivity contribution in [2.45, 2.75) is 45.3 Å². The van der Waals surface area contributed by atoms with Gasteiger partial charge in [0.25, 0.3) is 0 Å². The van der Waals surface area contributed by atoms with E-state index >= 15 is 0 Å². The van der Waals surface area contributed by atoms with Crippen molar-refractivity contribution in [3.63, 3.8) is 0 Å². The number of fused-ring (bicyclic) bond motifs is 1. The minimum absolute atomic E-state index is 0.00127. The monoisotopic (exact) mass is 369 g/mol. The number of amides is 1. The summed E-state index contributed by atoms with van der Waals surface area (Å²) in [6, 6.07) is 7.62. The smallest absolute Gasteiger partial charge is 0.249 e. The van der Waals surface area contributed by atoms with E-state index in [2.05, 4.69) is 20.1 Å². The number of hydrogen-bond acceptors (Lipinski definition) is 6. The number of H-pyrrole nitrogens is 1. The third kappa shape index (κ3) is 3.71. The average Bonchev–Trinajstić information content (AvgIpc) is 3.38. The van der Waals surface area contributed by atoms with Crippen LogP contribution >= 0.6 is 0 Å². The number of benzene rings is 1. The van der Waals surface area contributed by atoms with Crippen LogP contribution in [0.25, 0.3) is 11.0 Å². The summed E-state index contributed by atoms with van der Waals surface area (Å²) in [5, 5.41) is 4.01. The van der Waals surface area contributed by atoms with E-state index in [1.54, 1.807) is 4.90 Å². The van der Waals surface area contributed by atoms with Gasteiger partial charge in [0.1, 0.15) is 25.1 Å². The van der Waals surface area contributed by atoms with Crippen molar-refractivity contribution in [2.75, 3.05) is 13.2 Å². The molecule has 1 fully saturated rings. The highest BCUT2D eigenvalue weighted by molar-refractivity contribution is 5.78. The Bertz CT molecular complexity index is 899. The lowest BCUT2D eigenvalue weighted by Gasteiger charge is -2.21. The normalized spacial score (nSPS) is 17.3. The zero-order chi connectivity index (χ0) is 18.8. The van der Waals surface area contributed by atoms with Crippen molar-refractivity contribution >= 4 is 16.9 Å². The van der Waals surface area contributed by atoms with Crippen molar-refractivity contribution < 1.29 is 14.1 Å². The second-order valence-electron chi connectivity index (χ2n) is 7.08. The Hall–Kier alpha value is -2.74. The fourth-order valence-corrected chi connectivity index (χ4v) is 3.33. The van der Waals surface area contributed by atoms with Gasteiger partial charge in [-0.1, -0.05) is 31.1 Å². The predicted molar refractivity (Wildman–Crippen MR) is 97.8 cm³/mol. The number of nitrogens with one attached hydrogen (secondary N) is 1. The molecular weight excluding hydrogens is 346 g/mol. The Morgan fingerprint density at radius 1 is 1.37 bits per heavy atom. The molecule has 0 aliphatic carbocycles. The maximum absolute atomic E-state index is 12.6. The number of carbonyl (C=O) groups is 1. The summed E-state index contributed by atoms with van der Waals surface area (Å²) in [7, 11) is 0. The van der Waals surface area contributed by atoms with Crippen molar-refractivity contribution in [1.82, 2.24) is 25.0 Å². The Morgan fingerprint density at radius 3 is 3.00 bits per heavy atom. The van der Waals surface area contributed by atoms with Gasteiger partial charge in [-0.3, -0.25) is 4.79 Å². The number of rotatable bonds is 6. The van der Waals surface area contributed by atoms with Crippen LogP contribution in [0.3, 0.4) is 0 Å². The average molecular weight is 369 g/mol. The van der Waals surface area contributed by atoms with Crippen LogP contribution in [-0.4, -0.2) is 44.1 Å². The van der Waals surface area contributed by atoms with Crippen LogP contribution in [0.5, 0.6) is 0 Å². The number of para-hydroxylation sites is 2. The van der Waals surface area contributed by atoms with Gasteiger partial charge in [0.2, 0.25) is 11.8 Å². The summed E-state index contributed by atoms with van der Waals surface area (Å²) in [5.41, 5.74) is 1.85. The van der Waals surface area contributed by atoms with Crippen molar-refractivity contribution in [3.05, 3.63) is 41.8 Å². The molecule has 3 heterocycles. The third-order valence-corrected chi connectivity index (χ3v) is 4.73. The number of nitrogens with zero attached hydrogens (tertiary/aromatic N) is 4. The van der Waals surface area contributed by atoms with E-state index in [0.717, 1.165) is 23.9 Å². The standard InChI is InChI=1S/C19H23N5O3/c1-12(2)18-22-19(27-23-18)15-8-5-9-24(15)17(25)11-26-10-16-20-13-6-3-4-7-14(13)21-16/h3-4,6-7,12,15H,5,8-11H2,1-2H3,(H,20,21)/t15-/m1/s1. The first kappa shape index (κ1) is 17.7. The lowest BCUT2D eigenvalue weighted by Crippen LogP contribution is -2.33. The topological polar surface area (TPSA) is 97.1 Å². The van der Waals surface area contributed by atoms with Gasteiger partial charge in [0, 0.05) is 12.5 Å². The van der Waals surface area contributed by atoms with Gasteiger partial charge in [0.05, 0.1) is 11.0 Å². The number of aromatic amines is 1. The highest BCUT2D eigenvalue weighted by atomic mass is 16.5. The summed E-state index contributed by atoms with van der Waals surface area (Å²) >= 11 is 0. The molecule has 27 heavy (non-hydrogen) atoms. The first-order valence-electron chi connectivity index (χ1n) is 9.26. The number of hydrogen-bond donors (Lipinski definition) is 1. The van der Waals surface area contributed by atoms with Crippen LogP contribution in [0.2, 0.25) is 0 Å². The van der Waals surface area contributed by atoms with Gasteiger partial charge in [-0.25, -0.2) is 4.98 Å². The summed E-state index contributed by atoms with van der Waals surface area (Å²) in [5.74, 6) is 2.02. The second-order valence-corrected chi connectivity index (χ2v) is 7.08. The van der Waals surface area contributed by atoms with Gasteiger partial charge in [-0.2, -0.15) is 4.98 Å². The molecule has 1 saturated heterocycles. The van der Waals surface area contributed by atoms with Crippen LogP contribution in [0, 0.1) is 0 Å². The molecule has 0 unspecified atom stereocenters. The number of aromatic nitrogens is 4. The zero-order valence-electron chi connectivity index (χ0n) is 15.5. The van der Waals surface area contributed by atoms with Crippen LogP contribution in [0.4, 0.5) is 0 Å². The molecule has 1 aliphatic rings. The van der Waals surface area contributed by atoms with Crippen molar-refractivity contribution in [2.24, 2.45) is 0 Å². The molecule has 8 nitrogen and oxygen atoms in total. The molecule has 1 atom stereocenters. The van der Waals surface area contributed by atoms with Crippen LogP contribution in [0.1, 0.15) is 56.2 Å². The fourth-order valence-electron chi connectivity index (χ4n) is 3.33. The molecule has 0 saturated carbocycles. The van der Waals surface area contributed by atoms with Crippen LogP contribution < -0.4 is 0 Å². The summed E-state index contributed by atoms with van der Waals surface area (Å²) in [4.78, 5) is 26.5. The van der Waals surface area contributed by atoms with E-state index in [-0.39, 0.29) is 31.1 Å². The first-order valence-corrected chi connectivity index (χ1v) is 9.26. The Balaban J connectivity index is 1.35. The lowest BCUT2D eigenvalue weighted by molar-refractivity contribution is -0.138. The van der Waals surface area contributed by atoms with E-state index in [1.807, 2.05) is 38.1 Å². The molecule has 1 aromatic carbocycles. The fraction of sp³-hybridized carbons (Fsp3) is 0.474. The predicted octanol–water partition coefficient (Wildman–Crippen LogP) is 2.95. The molecule has 8 heteroatoms. The van der Waals surface area contributed by atoms with Gasteiger partial charge in [-0.05, 0) is 25.0 Å². The van der Waals surface area contributed by atoms with E-state index in [0.29, 0.717) is 24.1 Å². The van der Waals surface area contributed by atoms with Crippen molar-refractivity contribution in [3.8, 4) is 0 Å². The van der Waals surface area contributed by atoms with Gasteiger partial charge in [0.15, 0.2) is 5.82 Å². The summed E-state index contributed by atoms with van der Waals surface area (Å²) < 4.78 is 11.0. The Labute approximate surface area is 156 Å². The molecular formula is C19H23N5O3. The van der Waals surface area contributed by atoms with Gasteiger partial charge < -0.3 is 19.1 Å². The number of likely N-dealkylation sites (tertiary alicyclic amines) is 1. The number of imidazole rings is 1. The molecule has 142 valence electrons. The summed E-state index contributed by atoms with van der Waals surface area (Å²) in [6.07, 6.45) is 1.74. The van der Waals surface area contributed by atoms with E-state index in [9.17, 15) is 4.79 Å². The summed E-state index contributed by atoms with van der Waals surface area (Å²) in [6.45, 7) is 4.96. The Kier molecular flexibility index (Phi) is 4.89. The molecule has 1 aliphatic heterocycles. The largest absolute Gasteiger partial charge is 0.364 e. The molecule has 3 aromatic rings. The maximum Gasteiger partial charge on any atom is 0.249 e. The van der Waals surface area contributed by atoms with Gasteiger partial charge >= 0.3 is 0 Å². The van der Waals surface area contributed by atoms with Crippen LogP contribution in [0.15, 0.2) is 28.8 Å². The quantitative estimate of drug-likeness (QED) is 0.717. The van der Waals surface area contributed by atoms with Crippen LogP contribution in [-0.2, 0) is 16.1 Å². The van der Waals surface area contributed by atoms with Crippen molar-refractivity contribution in [1.29, 1.82) is 0 Å². The van der Waals surface area contributed by atoms with Gasteiger partial charge in [-0.15, -0.1) is 0 Å². The highest BCUT2D eigenvalue weighted by Crippen LogP contribution is 2.31. The SMILES string of the molecule is CC(C)c1noc([C@H]2CCCN2C(=O)COCc2nc3ccccc3[nH]2)n1. The molecule has 2 aromatic heterocycles. The third-order valence-electron chi connectivity index (χ3n) is 4.73. The number of ether oxygens (including phenoxy) is 1. The second kappa shape index (κ2) is 7.48. The molecule has 4 rings (SSSR count). The van der Waals surface area contributed by atoms with E-state index in [1.165, 1.54) is 0 Å². The highest BCUT2D eigenvalue weighted by Gasteiger charge is 2.34. The molecule has 0 spiro atoms. The molecule has 0 radical (unpaired) electrons. The Morgan fingerprint density at radius 2 is 2.22 bits per heavy atom. The molecule has 1 N–H and O–H groups in total.